The number of hydrogen-bond acceptors (Lipinski definition) is 3. The van der Waals surface area contributed by atoms with Crippen molar-refractivity contribution in [2.75, 3.05) is 0 Å². The Bertz CT molecular complexity index is 406. The number of non-ortho nitro benzene ring substituents is 1. The predicted molar refractivity (Wildman–Crippen MR) is 69.1 cm³/mol. The van der Waals surface area contributed by atoms with E-state index in [-0.39, 0.29) is 22.6 Å². The number of nitrogens with zero attached hydrogens (tertiary/aromatic N) is 1. The van der Waals surface area contributed by atoms with E-state index in [4.69, 9.17) is 5.73 Å². The van der Waals surface area contributed by atoms with Crippen molar-refractivity contribution in [1.82, 2.24) is 0 Å². The molecule has 0 bridgehead atoms. The molecule has 0 aliphatic heterocycles. The quantitative estimate of drug-likeness (QED) is 0.645. The molecule has 2 atom stereocenters. The summed E-state index contributed by atoms with van der Waals surface area (Å²) >= 11 is 0. The number of aryl methyl sites for hydroxylation is 1. The fourth-order valence-electron chi connectivity index (χ4n) is 2.40. The lowest BCUT2D eigenvalue weighted by atomic mass is 9.81. The second kappa shape index (κ2) is 5.27. The van der Waals surface area contributed by atoms with Crippen LogP contribution >= 0.6 is 0 Å². The number of nitro groups is 1. The van der Waals surface area contributed by atoms with Crippen molar-refractivity contribution in [3.63, 3.8) is 0 Å². The van der Waals surface area contributed by atoms with Crippen LogP contribution in [0, 0.1) is 23.0 Å². The molecule has 0 aliphatic carbocycles. The Labute approximate surface area is 102 Å². The highest BCUT2D eigenvalue weighted by Gasteiger charge is 2.22. The van der Waals surface area contributed by atoms with E-state index in [0.29, 0.717) is 5.92 Å². The van der Waals surface area contributed by atoms with Gasteiger partial charge in [0.05, 0.1) is 4.92 Å². The van der Waals surface area contributed by atoms with E-state index in [0.717, 1.165) is 11.1 Å². The van der Waals surface area contributed by atoms with Crippen LogP contribution < -0.4 is 5.73 Å². The molecular formula is C13H20N2O2. The minimum Gasteiger partial charge on any atom is -0.327 e. The maximum Gasteiger partial charge on any atom is 0.269 e. The fraction of sp³-hybridized carbons (Fsp3) is 0.538. The Morgan fingerprint density at radius 3 is 2.24 bits per heavy atom. The zero-order chi connectivity index (χ0) is 13.2. The van der Waals surface area contributed by atoms with Gasteiger partial charge in [-0.3, -0.25) is 10.1 Å². The van der Waals surface area contributed by atoms with Crippen LogP contribution in [0.15, 0.2) is 18.2 Å². The summed E-state index contributed by atoms with van der Waals surface area (Å²) in [4.78, 5) is 10.3. The third kappa shape index (κ3) is 3.03. The van der Waals surface area contributed by atoms with E-state index >= 15 is 0 Å². The summed E-state index contributed by atoms with van der Waals surface area (Å²) in [5, 5.41) is 10.7. The Kier molecular flexibility index (Phi) is 4.23. The van der Waals surface area contributed by atoms with E-state index in [9.17, 15) is 10.1 Å². The van der Waals surface area contributed by atoms with Crippen molar-refractivity contribution >= 4 is 5.69 Å². The monoisotopic (exact) mass is 236 g/mol. The molecule has 4 heteroatoms. The Hall–Kier alpha value is -1.42. The van der Waals surface area contributed by atoms with Gasteiger partial charge in [0.1, 0.15) is 0 Å². The van der Waals surface area contributed by atoms with Gasteiger partial charge in [-0.25, -0.2) is 0 Å². The predicted octanol–water partition coefficient (Wildman–Crippen LogP) is 2.99. The van der Waals surface area contributed by atoms with E-state index in [1.165, 1.54) is 0 Å². The molecule has 0 fully saturated rings. The molecule has 0 heterocycles. The largest absolute Gasteiger partial charge is 0.327 e. The van der Waals surface area contributed by atoms with Gasteiger partial charge < -0.3 is 5.73 Å². The van der Waals surface area contributed by atoms with Crippen LogP contribution in [0.1, 0.15) is 37.8 Å². The van der Waals surface area contributed by atoms with Crippen LogP contribution in [0.4, 0.5) is 5.69 Å². The van der Waals surface area contributed by atoms with Crippen molar-refractivity contribution in [3.05, 3.63) is 39.4 Å². The Morgan fingerprint density at radius 2 is 1.88 bits per heavy atom. The van der Waals surface area contributed by atoms with Gasteiger partial charge in [0.25, 0.3) is 5.69 Å². The molecule has 0 amide bonds. The average molecular weight is 236 g/mol. The maximum atomic E-state index is 10.7. The highest BCUT2D eigenvalue weighted by Crippen LogP contribution is 2.31. The zero-order valence-electron chi connectivity index (χ0n) is 10.8. The highest BCUT2D eigenvalue weighted by atomic mass is 16.6. The van der Waals surface area contributed by atoms with Crippen LogP contribution in [0.2, 0.25) is 0 Å². The molecule has 94 valence electrons. The summed E-state index contributed by atoms with van der Waals surface area (Å²) in [6.45, 7) is 8.12. The lowest BCUT2D eigenvalue weighted by molar-refractivity contribution is -0.384. The Morgan fingerprint density at radius 1 is 1.29 bits per heavy atom. The number of nitrogens with two attached hydrogens (primary N) is 1. The van der Waals surface area contributed by atoms with E-state index < -0.39 is 0 Å². The summed E-state index contributed by atoms with van der Waals surface area (Å²) in [5.74, 6) is 0.644. The molecule has 0 aromatic heterocycles. The van der Waals surface area contributed by atoms with Crippen LogP contribution in [0.3, 0.4) is 0 Å². The first-order valence-electron chi connectivity index (χ1n) is 5.85. The van der Waals surface area contributed by atoms with Gasteiger partial charge in [-0.1, -0.05) is 19.9 Å². The van der Waals surface area contributed by atoms with Gasteiger partial charge in [0.2, 0.25) is 0 Å². The number of benzene rings is 1. The van der Waals surface area contributed by atoms with E-state index in [2.05, 4.69) is 13.8 Å². The standard InChI is InChI=1S/C13H20N2O2/c1-8(2)13(10(4)14)12-6-5-11(15(16)17)7-9(12)3/h5-8,10,13H,14H2,1-4H3. The smallest absolute Gasteiger partial charge is 0.269 e. The second-order valence-electron chi connectivity index (χ2n) is 4.93. The molecule has 17 heavy (non-hydrogen) atoms. The molecule has 0 aliphatic rings. The maximum absolute atomic E-state index is 10.7. The lowest BCUT2D eigenvalue weighted by Gasteiger charge is -2.26. The number of rotatable bonds is 4. The third-order valence-electron chi connectivity index (χ3n) is 3.11. The topological polar surface area (TPSA) is 69.2 Å². The minimum atomic E-state index is -0.368. The van der Waals surface area contributed by atoms with Gasteiger partial charge in [-0.05, 0) is 30.9 Å². The molecule has 1 aromatic rings. The first-order valence-corrected chi connectivity index (χ1v) is 5.85. The zero-order valence-corrected chi connectivity index (χ0v) is 10.8. The second-order valence-corrected chi connectivity index (χ2v) is 4.93. The van der Waals surface area contributed by atoms with Crippen LogP contribution in [-0.4, -0.2) is 11.0 Å². The van der Waals surface area contributed by atoms with Crippen LogP contribution in [0.25, 0.3) is 0 Å². The lowest BCUT2D eigenvalue weighted by Crippen LogP contribution is -2.29. The molecule has 1 aromatic carbocycles. The number of hydrogen-bond donors (Lipinski definition) is 1. The average Bonchev–Trinajstić information content (AvgIpc) is 2.19. The van der Waals surface area contributed by atoms with Crippen LogP contribution in [0.5, 0.6) is 0 Å². The van der Waals surface area contributed by atoms with Crippen molar-refractivity contribution < 1.29 is 4.92 Å². The van der Waals surface area contributed by atoms with Gasteiger partial charge >= 0.3 is 0 Å². The highest BCUT2D eigenvalue weighted by molar-refractivity contribution is 5.41. The molecule has 1 rings (SSSR count). The molecule has 0 saturated heterocycles. The fourth-order valence-corrected chi connectivity index (χ4v) is 2.40. The summed E-state index contributed by atoms with van der Waals surface area (Å²) in [6, 6.07) is 5.05. The third-order valence-corrected chi connectivity index (χ3v) is 3.11. The van der Waals surface area contributed by atoms with Gasteiger partial charge in [0, 0.05) is 24.1 Å². The van der Waals surface area contributed by atoms with Gasteiger partial charge in [0.15, 0.2) is 0 Å². The summed E-state index contributed by atoms with van der Waals surface area (Å²) in [5.41, 5.74) is 8.19. The Balaban J connectivity index is 3.18. The van der Waals surface area contributed by atoms with Crippen molar-refractivity contribution in [1.29, 1.82) is 0 Å². The molecule has 0 radical (unpaired) electrons. The molecular weight excluding hydrogens is 216 g/mol. The van der Waals surface area contributed by atoms with E-state index in [1.54, 1.807) is 12.1 Å². The molecule has 0 saturated carbocycles. The molecule has 4 nitrogen and oxygen atoms in total. The van der Waals surface area contributed by atoms with E-state index in [1.807, 2.05) is 19.9 Å². The van der Waals surface area contributed by atoms with Crippen molar-refractivity contribution in [3.8, 4) is 0 Å². The molecule has 2 unspecified atom stereocenters. The number of nitro benzene ring substituents is 1. The molecule has 0 spiro atoms. The van der Waals surface area contributed by atoms with Gasteiger partial charge in [-0.15, -0.1) is 0 Å². The normalized spacial score (nSPS) is 14.7. The summed E-state index contributed by atoms with van der Waals surface area (Å²) in [6.07, 6.45) is 0. The van der Waals surface area contributed by atoms with Crippen LogP contribution in [-0.2, 0) is 0 Å². The first kappa shape index (κ1) is 13.6. The minimum absolute atomic E-state index is 0.0372. The van der Waals surface area contributed by atoms with Crippen molar-refractivity contribution in [2.24, 2.45) is 11.7 Å². The summed E-state index contributed by atoms with van der Waals surface area (Å²) in [7, 11) is 0. The van der Waals surface area contributed by atoms with Crippen molar-refractivity contribution in [2.45, 2.75) is 39.7 Å². The molecule has 2 N–H and O–H groups in total. The summed E-state index contributed by atoms with van der Waals surface area (Å²) < 4.78 is 0. The first-order chi connectivity index (χ1) is 7.84. The van der Waals surface area contributed by atoms with Gasteiger partial charge in [-0.2, -0.15) is 0 Å². The SMILES string of the molecule is Cc1cc([N+](=O)[O-])ccc1C(C(C)C)C(C)N.